The molecule has 0 aliphatic carbocycles. The quantitative estimate of drug-likeness (QED) is 0.822. The Hall–Kier alpha value is -2.34. The zero-order chi connectivity index (χ0) is 14.4. The first-order valence-corrected chi connectivity index (χ1v) is 6.34. The Morgan fingerprint density at radius 2 is 2.10 bits per heavy atom. The van der Waals surface area contributed by atoms with Gasteiger partial charge in [-0.1, -0.05) is 30.3 Å². The highest BCUT2D eigenvalue weighted by atomic mass is 16.7. The van der Waals surface area contributed by atoms with Gasteiger partial charge >= 0.3 is 0 Å². The van der Waals surface area contributed by atoms with Crippen LogP contribution in [-0.4, -0.2) is 29.6 Å². The van der Waals surface area contributed by atoms with Crippen LogP contribution in [0, 0.1) is 0 Å². The Kier molecular flexibility index (Phi) is 4.73. The molecule has 1 aliphatic rings. The van der Waals surface area contributed by atoms with Gasteiger partial charge in [0.1, 0.15) is 6.26 Å². The summed E-state index contributed by atoms with van der Waals surface area (Å²) in [5.41, 5.74) is 0.989. The summed E-state index contributed by atoms with van der Waals surface area (Å²) in [6.07, 6.45) is 2.41. The number of hydroxylamine groups is 2. The number of hydrogen-bond acceptors (Lipinski definition) is 4. The van der Waals surface area contributed by atoms with Crippen molar-refractivity contribution in [2.45, 2.75) is 19.6 Å². The second-order valence-corrected chi connectivity index (χ2v) is 4.38. The van der Waals surface area contributed by atoms with E-state index >= 15 is 0 Å². The van der Waals surface area contributed by atoms with Crippen molar-refractivity contribution in [3.63, 3.8) is 0 Å². The lowest BCUT2D eigenvalue weighted by atomic mass is 10.2. The molecule has 6 heteroatoms. The Morgan fingerprint density at radius 1 is 1.35 bits per heavy atom. The van der Waals surface area contributed by atoms with E-state index in [1.54, 1.807) is 6.08 Å². The van der Waals surface area contributed by atoms with Gasteiger partial charge in [-0.15, -0.1) is 5.06 Å². The molecule has 0 spiro atoms. The van der Waals surface area contributed by atoms with Gasteiger partial charge in [-0.2, -0.15) is 0 Å². The molecular formula is C14H17N3O3. The molecule has 6 nitrogen and oxygen atoms in total. The van der Waals surface area contributed by atoms with Gasteiger partial charge in [0.05, 0.1) is 6.54 Å². The van der Waals surface area contributed by atoms with E-state index < -0.39 is 6.17 Å². The van der Waals surface area contributed by atoms with Crippen molar-refractivity contribution in [2.24, 2.45) is 0 Å². The fraction of sp³-hybridized carbons (Fsp3) is 0.286. The predicted octanol–water partition coefficient (Wildman–Crippen LogP) is 0.526. The monoisotopic (exact) mass is 275 g/mol. The SMILES string of the molecule is CC(=O)NC(C(=O)NCc1ccccc1)N1CC=CO1. The van der Waals surface area contributed by atoms with Gasteiger partial charge in [0.25, 0.3) is 5.91 Å². The summed E-state index contributed by atoms with van der Waals surface area (Å²) >= 11 is 0. The lowest BCUT2D eigenvalue weighted by Crippen LogP contribution is -2.55. The molecule has 0 fully saturated rings. The first-order valence-electron chi connectivity index (χ1n) is 6.34. The normalized spacial score (nSPS) is 15.4. The molecule has 106 valence electrons. The number of carbonyl (C=O) groups excluding carboxylic acids is 2. The number of nitrogens with zero attached hydrogens (tertiary/aromatic N) is 1. The van der Waals surface area contributed by atoms with Gasteiger partial charge < -0.3 is 15.5 Å². The highest BCUT2D eigenvalue weighted by Gasteiger charge is 2.28. The average Bonchev–Trinajstić information content (AvgIpc) is 2.97. The Morgan fingerprint density at radius 3 is 2.70 bits per heavy atom. The van der Waals surface area contributed by atoms with Crippen molar-refractivity contribution in [1.82, 2.24) is 15.7 Å². The maximum Gasteiger partial charge on any atom is 0.261 e. The summed E-state index contributed by atoms with van der Waals surface area (Å²) in [7, 11) is 0. The van der Waals surface area contributed by atoms with Gasteiger partial charge in [0.15, 0.2) is 6.17 Å². The van der Waals surface area contributed by atoms with Gasteiger partial charge in [0, 0.05) is 13.5 Å². The maximum absolute atomic E-state index is 12.2. The predicted molar refractivity (Wildman–Crippen MR) is 72.8 cm³/mol. The molecule has 1 aromatic rings. The number of nitrogens with one attached hydrogen (secondary N) is 2. The fourth-order valence-electron chi connectivity index (χ4n) is 1.82. The van der Waals surface area contributed by atoms with Crippen LogP contribution in [0.5, 0.6) is 0 Å². The Bertz CT molecular complexity index is 494. The summed E-state index contributed by atoms with van der Waals surface area (Å²) < 4.78 is 0. The van der Waals surface area contributed by atoms with Crippen molar-refractivity contribution in [1.29, 1.82) is 0 Å². The van der Waals surface area contributed by atoms with E-state index in [-0.39, 0.29) is 11.8 Å². The summed E-state index contributed by atoms with van der Waals surface area (Å²) in [6.45, 7) is 2.21. The van der Waals surface area contributed by atoms with Crippen LogP contribution in [0.15, 0.2) is 42.7 Å². The van der Waals surface area contributed by atoms with E-state index in [0.717, 1.165) is 5.56 Å². The molecule has 0 bridgehead atoms. The Labute approximate surface area is 117 Å². The highest BCUT2D eigenvalue weighted by molar-refractivity contribution is 5.86. The van der Waals surface area contributed by atoms with Crippen LogP contribution in [-0.2, 0) is 21.0 Å². The zero-order valence-corrected chi connectivity index (χ0v) is 11.2. The molecule has 20 heavy (non-hydrogen) atoms. The molecule has 1 aliphatic heterocycles. The zero-order valence-electron chi connectivity index (χ0n) is 11.2. The molecule has 0 saturated heterocycles. The molecule has 0 saturated carbocycles. The summed E-state index contributed by atoms with van der Waals surface area (Å²) in [5.74, 6) is -0.604. The first-order chi connectivity index (χ1) is 9.66. The average molecular weight is 275 g/mol. The smallest absolute Gasteiger partial charge is 0.261 e. The second kappa shape index (κ2) is 6.72. The summed E-state index contributed by atoms with van der Waals surface area (Å²) in [5, 5.41) is 6.75. The van der Waals surface area contributed by atoms with Crippen molar-refractivity contribution in [3.8, 4) is 0 Å². The van der Waals surface area contributed by atoms with Gasteiger partial charge in [-0.05, 0) is 11.6 Å². The number of hydrogen-bond donors (Lipinski definition) is 2. The van der Waals surface area contributed by atoms with Crippen LogP contribution in [0.3, 0.4) is 0 Å². The van der Waals surface area contributed by atoms with E-state index in [4.69, 9.17) is 4.84 Å². The molecule has 1 unspecified atom stereocenters. The minimum Gasteiger partial charge on any atom is -0.411 e. The molecule has 2 N–H and O–H groups in total. The van der Waals surface area contributed by atoms with Crippen LogP contribution in [0.1, 0.15) is 12.5 Å². The van der Waals surface area contributed by atoms with E-state index in [9.17, 15) is 9.59 Å². The highest BCUT2D eigenvalue weighted by Crippen LogP contribution is 2.06. The van der Waals surface area contributed by atoms with Crippen LogP contribution < -0.4 is 10.6 Å². The van der Waals surface area contributed by atoms with Crippen molar-refractivity contribution in [3.05, 3.63) is 48.2 Å². The van der Waals surface area contributed by atoms with E-state index in [2.05, 4.69) is 10.6 Å². The van der Waals surface area contributed by atoms with Crippen molar-refractivity contribution >= 4 is 11.8 Å². The van der Waals surface area contributed by atoms with Crippen molar-refractivity contribution in [2.75, 3.05) is 6.54 Å². The molecular weight excluding hydrogens is 258 g/mol. The third-order valence-corrected chi connectivity index (χ3v) is 2.76. The lowest BCUT2D eigenvalue weighted by Gasteiger charge is -2.25. The first kappa shape index (κ1) is 14.1. The molecule has 0 aromatic heterocycles. The van der Waals surface area contributed by atoms with E-state index in [1.165, 1.54) is 18.2 Å². The summed E-state index contributed by atoms with van der Waals surface area (Å²) in [4.78, 5) is 28.5. The van der Waals surface area contributed by atoms with Gasteiger partial charge in [-0.25, -0.2) is 0 Å². The van der Waals surface area contributed by atoms with Crippen LogP contribution in [0.2, 0.25) is 0 Å². The third-order valence-electron chi connectivity index (χ3n) is 2.76. The van der Waals surface area contributed by atoms with Crippen LogP contribution in [0.4, 0.5) is 0 Å². The molecule has 2 amide bonds. The minimum atomic E-state index is -0.841. The van der Waals surface area contributed by atoms with Gasteiger partial charge in [0.2, 0.25) is 5.91 Å². The van der Waals surface area contributed by atoms with E-state index in [1.807, 2.05) is 30.3 Å². The minimum absolute atomic E-state index is 0.291. The summed E-state index contributed by atoms with van der Waals surface area (Å²) in [6, 6.07) is 9.55. The number of carbonyl (C=O) groups is 2. The largest absolute Gasteiger partial charge is 0.411 e. The molecule has 1 atom stereocenters. The Balaban J connectivity index is 1.93. The van der Waals surface area contributed by atoms with Crippen LogP contribution in [0.25, 0.3) is 0 Å². The molecule has 1 aromatic carbocycles. The topological polar surface area (TPSA) is 70.7 Å². The standard InChI is InChI=1S/C14H17N3O3/c1-11(18)16-13(17-8-5-9-20-17)14(19)15-10-12-6-3-2-4-7-12/h2-7,9,13H,8,10H2,1H3,(H,15,19)(H,16,18). The maximum atomic E-state index is 12.2. The number of benzene rings is 1. The third kappa shape index (κ3) is 3.83. The second-order valence-electron chi connectivity index (χ2n) is 4.38. The lowest BCUT2D eigenvalue weighted by molar-refractivity contribution is -0.158. The van der Waals surface area contributed by atoms with Crippen LogP contribution >= 0.6 is 0 Å². The molecule has 0 radical (unpaired) electrons. The number of amides is 2. The number of rotatable bonds is 5. The molecule has 1 heterocycles. The fourth-order valence-corrected chi connectivity index (χ4v) is 1.82. The molecule has 2 rings (SSSR count). The van der Waals surface area contributed by atoms with E-state index in [0.29, 0.717) is 13.1 Å². The van der Waals surface area contributed by atoms with Gasteiger partial charge in [-0.3, -0.25) is 9.59 Å². The van der Waals surface area contributed by atoms with Crippen molar-refractivity contribution < 1.29 is 14.4 Å².